The zero-order chi connectivity index (χ0) is 21.0. The predicted octanol–water partition coefficient (Wildman–Crippen LogP) is 5.67. The van der Waals surface area contributed by atoms with Gasteiger partial charge in [-0.3, -0.25) is 9.97 Å². The zero-order valence-corrected chi connectivity index (χ0v) is 17.2. The molecule has 0 aliphatic carbocycles. The lowest BCUT2D eigenvalue weighted by molar-refractivity contribution is 1.03. The largest absolute Gasteiger partial charge is 0.364 e. The number of nitrogens with zero attached hydrogens (tertiary/aromatic N) is 4. The number of hydrogen-bond donors (Lipinski definition) is 1. The Morgan fingerprint density at radius 2 is 1.61 bits per heavy atom. The van der Waals surface area contributed by atoms with Crippen molar-refractivity contribution >= 4 is 16.7 Å². The summed E-state index contributed by atoms with van der Waals surface area (Å²) >= 11 is 0. The number of aromatic nitrogens is 4. The number of rotatable bonds is 5. The van der Waals surface area contributed by atoms with Gasteiger partial charge in [-0.15, -0.1) is 0 Å². The summed E-state index contributed by atoms with van der Waals surface area (Å²) in [6.45, 7) is 2.54. The number of anilines is 1. The fraction of sp³-hybridized carbons (Fsp3) is 0.0769. The van der Waals surface area contributed by atoms with Crippen LogP contribution < -0.4 is 5.32 Å². The van der Waals surface area contributed by atoms with E-state index in [4.69, 9.17) is 9.97 Å². The first-order valence-corrected chi connectivity index (χ1v) is 10.2. The third-order valence-electron chi connectivity index (χ3n) is 5.14. The molecule has 2 aromatic carbocycles. The maximum absolute atomic E-state index is 4.91. The van der Waals surface area contributed by atoms with Crippen molar-refractivity contribution in [1.82, 2.24) is 19.9 Å². The number of nitrogens with one attached hydrogen (secondary N) is 1. The molecule has 0 radical (unpaired) electrons. The van der Waals surface area contributed by atoms with E-state index in [1.165, 1.54) is 0 Å². The fourth-order valence-corrected chi connectivity index (χ4v) is 3.58. The third-order valence-corrected chi connectivity index (χ3v) is 5.14. The summed E-state index contributed by atoms with van der Waals surface area (Å²) in [6.07, 6.45) is 3.62. The van der Waals surface area contributed by atoms with E-state index in [-0.39, 0.29) is 0 Å². The Kier molecular flexibility index (Phi) is 5.07. The quantitative estimate of drug-likeness (QED) is 0.409. The molecule has 1 N–H and O–H groups in total. The van der Waals surface area contributed by atoms with Crippen LogP contribution in [0, 0.1) is 6.92 Å². The first-order valence-electron chi connectivity index (χ1n) is 10.2. The van der Waals surface area contributed by atoms with Crippen LogP contribution >= 0.6 is 0 Å². The highest BCUT2D eigenvalue weighted by atomic mass is 15.0. The SMILES string of the molecule is Cc1ccc(-c2nc(NCc3ccccn3)c3c(-c4ccccc4)cccc3n2)cn1. The molecule has 5 aromatic rings. The van der Waals surface area contributed by atoms with E-state index in [1.54, 1.807) is 6.20 Å². The summed E-state index contributed by atoms with van der Waals surface area (Å²) < 4.78 is 0. The number of fused-ring (bicyclic) bond motifs is 1. The van der Waals surface area contributed by atoms with Crippen molar-refractivity contribution in [3.63, 3.8) is 0 Å². The second-order valence-corrected chi connectivity index (χ2v) is 7.32. The monoisotopic (exact) mass is 403 g/mol. The van der Waals surface area contributed by atoms with E-state index in [1.807, 2.05) is 73.8 Å². The zero-order valence-electron chi connectivity index (χ0n) is 17.2. The molecule has 0 spiro atoms. The van der Waals surface area contributed by atoms with E-state index >= 15 is 0 Å². The molecule has 5 rings (SSSR count). The summed E-state index contributed by atoms with van der Waals surface area (Å²) in [4.78, 5) is 18.6. The molecular formula is C26H21N5. The van der Waals surface area contributed by atoms with Crippen molar-refractivity contribution in [3.8, 4) is 22.5 Å². The van der Waals surface area contributed by atoms with Gasteiger partial charge in [0, 0.05) is 23.7 Å². The number of hydrogen-bond acceptors (Lipinski definition) is 5. The first kappa shape index (κ1) is 18.9. The van der Waals surface area contributed by atoms with Gasteiger partial charge >= 0.3 is 0 Å². The third kappa shape index (κ3) is 3.98. The lowest BCUT2D eigenvalue weighted by Gasteiger charge is -2.14. The molecule has 0 aliphatic heterocycles. The van der Waals surface area contributed by atoms with Crippen molar-refractivity contribution in [2.45, 2.75) is 13.5 Å². The van der Waals surface area contributed by atoms with Gasteiger partial charge in [0.2, 0.25) is 0 Å². The van der Waals surface area contributed by atoms with Gasteiger partial charge in [-0.1, -0.05) is 48.5 Å². The normalized spacial score (nSPS) is 10.9. The Morgan fingerprint density at radius 3 is 2.39 bits per heavy atom. The van der Waals surface area contributed by atoms with Crippen molar-refractivity contribution in [2.75, 3.05) is 5.32 Å². The topological polar surface area (TPSA) is 63.6 Å². The first-order chi connectivity index (χ1) is 15.3. The summed E-state index contributed by atoms with van der Waals surface area (Å²) in [5, 5.41) is 4.50. The van der Waals surface area contributed by atoms with Crippen molar-refractivity contribution < 1.29 is 0 Å². The number of benzene rings is 2. The van der Waals surface area contributed by atoms with Gasteiger partial charge in [-0.2, -0.15) is 0 Å². The Morgan fingerprint density at radius 1 is 0.742 bits per heavy atom. The maximum Gasteiger partial charge on any atom is 0.163 e. The molecule has 3 aromatic heterocycles. The molecule has 5 nitrogen and oxygen atoms in total. The molecule has 0 aliphatic rings. The molecule has 0 amide bonds. The molecule has 5 heteroatoms. The van der Waals surface area contributed by atoms with Crippen molar-refractivity contribution in [2.24, 2.45) is 0 Å². The molecule has 0 saturated carbocycles. The minimum absolute atomic E-state index is 0.571. The van der Waals surface area contributed by atoms with Crippen LogP contribution in [0.3, 0.4) is 0 Å². The standard InChI is InChI=1S/C26H21N5/c1-18-13-14-20(16-28-18)25-30-23-12-7-11-22(19-8-3-2-4-9-19)24(23)26(31-25)29-17-21-10-5-6-15-27-21/h2-16H,17H2,1H3,(H,29,30,31). The molecular weight excluding hydrogens is 382 g/mol. The van der Waals surface area contributed by atoms with Crippen LogP contribution in [0.2, 0.25) is 0 Å². The lowest BCUT2D eigenvalue weighted by atomic mass is 10.0. The van der Waals surface area contributed by atoms with Crippen molar-refractivity contribution in [3.05, 3.63) is 103 Å². The average molecular weight is 403 g/mol. The predicted molar refractivity (Wildman–Crippen MR) is 125 cm³/mol. The van der Waals surface area contributed by atoms with E-state index in [2.05, 4.69) is 33.5 Å². The molecule has 0 unspecified atom stereocenters. The van der Waals surface area contributed by atoms with Gasteiger partial charge in [0.1, 0.15) is 5.82 Å². The van der Waals surface area contributed by atoms with Gasteiger partial charge in [-0.25, -0.2) is 9.97 Å². The van der Waals surface area contributed by atoms with Crippen LogP contribution in [0.15, 0.2) is 91.3 Å². The summed E-state index contributed by atoms with van der Waals surface area (Å²) in [6, 6.07) is 26.4. The van der Waals surface area contributed by atoms with Crippen molar-refractivity contribution in [1.29, 1.82) is 0 Å². The second-order valence-electron chi connectivity index (χ2n) is 7.32. The average Bonchev–Trinajstić information content (AvgIpc) is 2.83. The summed E-state index contributed by atoms with van der Waals surface area (Å²) in [7, 11) is 0. The Labute approximate surface area is 180 Å². The molecule has 31 heavy (non-hydrogen) atoms. The van der Waals surface area contributed by atoms with E-state index in [9.17, 15) is 0 Å². The molecule has 0 bridgehead atoms. The highest BCUT2D eigenvalue weighted by Crippen LogP contribution is 2.34. The summed E-state index contributed by atoms with van der Waals surface area (Å²) in [5.41, 5.74) is 5.90. The van der Waals surface area contributed by atoms with Crippen LogP contribution in [0.1, 0.15) is 11.4 Å². The highest BCUT2D eigenvalue weighted by molar-refractivity contribution is 6.02. The van der Waals surface area contributed by atoms with E-state index < -0.39 is 0 Å². The van der Waals surface area contributed by atoms with Crippen LogP contribution in [0.25, 0.3) is 33.4 Å². The lowest BCUT2D eigenvalue weighted by Crippen LogP contribution is -2.06. The molecule has 0 saturated heterocycles. The number of aryl methyl sites for hydroxylation is 1. The molecule has 0 atom stereocenters. The smallest absolute Gasteiger partial charge is 0.163 e. The Bertz CT molecular complexity index is 1320. The van der Waals surface area contributed by atoms with Crippen LogP contribution in [0.4, 0.5) is 5.82 Å². The van der Waals surface area contributed by atoms with Crippen LogP contribution in [0.5, 0.6) is 0 Å². The Balaban J connectivity index is 1.67. The number of pyridine rings is 2. The highest BCUT2D eigenvalue weighted by Gasteiger charge is 2.14. The molecule has 3 heterocycles. The van der Waals surface area contributed by atoms with Gasteiger partial charge in [0.25, 0.3) is 0 Å². The molecule has 0 fully saturated rings. The van der Waals surface area contributed by atoms with Gasteiger partial charge in [0.15, 0.2) is 5.82 Å². The summed E-state index contributed by atoms with van der Waals surface area (Å²) in [5.74, 6) is 1.43. The minimum atomic E-state index is 0.571. The van der Waals surface area contributed by atoms with Gasteiger partial charge in [-0.05, 0) is 48.4 Å². The van der Waals surface area contributed by atoms with E-state index in [0.29, 0.717) is 12.4 Å². The second kappa shape index (κ2) is 8.32. The van der Waals surface area contributed by atoms with E-state index in [0.717, 1.165) is 44.8 Å². The van der Waals surface area contributed by atoms with Crippen LogP contribution in [-0.4, -0.2) is 19.9 Å². The fourth-order valence-electron chi connectivity index (χ4n) is 3.58. The Hall–Kier alpha value is -4.12. The van der Waals surface area contributed by atoms with Crippen LogP contribution in [-0.2, 0) is 6.54 Å². The van der Waals surface area contributed by atoms with Gasteiger partial charge in [0.05, 0.1) is 23.1 Å². The molecule has 150 valence electrons. The maximum atomic E-state index is 4.91. The van der Waals surface area contributed by atoms with Gasteiger partial charge < -0.3 is 5.32 Å². The minimum Gasteiger partial charge on any atom is -0.364 e.